The Morgan fingerprint density at radius 1 is 1.39 bits per heavy atom. The van der Waals surface area contributed by atoms with Gasteiger partial charge in [0, 0.05) is 18.0 Å². The molecule has 1 atom stereocenters. The second kappa shape index (κ2) is 5.57. The van der Waals surface area contributed by atoms with E-state index in [9.17, 15) is 4.79 Å². The van der Waals surface area contributed by atoms with Crippen LogP contribution in [0.25, 0.3) is 0 Å². The second-order valence-electron chi connectivity index (χ2n) is 6.22. The molecule has 0 aromatic heterocycles. The lowest BCUT2D eigenvalue weighted by Gasteiger charge is -2.39. The topological polar surface area (TPSA) is 52.6 Å². The lowest BCUT2D eigenvalue weighted by molar-refractivity contribution is -0.145. The Bertz CT molecular complexity index is 294. The van der Waals surface area contributed by atoms with Gasteiger partial charge in [-0.3, -0.25) is 4.79 Å². The number of rotatable bonds is 5. The second-order valence-corrected chi connectivity index (χ2v) is 6.22. The van der Waals surface area contributed by atoms with Gasteiger partial charge in [-0.2, -0.15) is 0 Å². The molecule has 2 fully saturated rings. The van der Waals surface area contributed by atoms with Crippen molar-refractivity contribution in [1.82, 2.24) is 10.2 Å². The van der Waals surface area contributed by atoms with Gasteiger partial charge in [-0.1, -0.05) is 13.8 Å². The van der Waals surface area contributed by atoms with Gasteiger partial charge in [-0.05, 0) is 44.7 Å². The van der Waals surface area contributed by atoms with Gasteiger partial charge in [-0.15, -0.1) is 0 Å². The van der Waals surface area contributed by atoms with E-state index in [-0.39, 0.29) is 17.9 Å². The van der Waals surface area contributed by atoms with Gasteiger partial charge in [0.2, 0.25) is 5.91 Å². The van der Waals surface area contributed by atoms with Gasteiger partial charge in [0.15, 0.2) is 0 Å². The zero-order valence-corrected chi connectivity index (χ0v) is 11.6. The minimum Gasteiger partial charge on any atom is -0.395 e. The maximum absolute atomic E-state index is 12.7. The van der Waals surface area contributed by atoms with E-state index in [4.69, 9.17) is 5.11 Å². The highest BCUT2D eigenvalue weighted by Gasteiger charge is 2.43. The molecule has 1 saturated heterocycles. The molecular weight excluding hydrogens is 228 g/mol. The van der Waals surface area contributed by atoms with Gasteiger partial charge < -0.3 is 15.3 Å². The highest BCUT2D eigenvalue weighted by atomic mass is 16.3. The van der Waals surface area contributed by atoms with E-state index >= 15 is 0 Å². The Labute approximate surface area is 110 Å². The van der Waals surface area contributed by atoms with Crippen LogP contribution in [-0.4, -0.2) is 48.2 Å². The number of aliphatic hydroxyl groups excluding tert-OH is 1. The number of piperidine rings is 1. The van der Waals surface area contributed by atoms with Gasteiger partial charge >= 0.3 is 0 Å². The third kappa shape index (κ3) is 2.86. The van der Waals surface area contributed by atoms with Crippen molar-refractivity contribution in [2.24, 2.45) is 11.3 Å². The number of hydrogen-bond donors (Lipinski definition) is 2. The average Bonchev–Trinajstić information content (AvgIpc) is 3.20. The molecule has 1 unspecified atom stereocenters. The minimum atomic E-state index is -0.314. The van der Waals surface area contributed by atoms with Crippen LogP contribution in [0.4, 0.5) is 0 Å². The number of carbonyl (C=O) groups is 1. The quantitative estimate of drug-likeness (QED) is 0.769. The summed E-state index contributed by atoms with van der Waals surface area (Å²) in [5, 5.41) is 12.5. The SMILES string of the molecule is CC(C)(C(=O)N(CCO)C1CC1)C1CCCNC1. The summed E-state index contributed by atoms with van der Waals surface area (Å²) >= 11 is 0. The van der Waals surface area contributed by atoms with E-state index in [1.165, 1.54) is 0 Å². The smallest absolute Gasteiger partial charge is 0.228 e. The first kappa shape index (κ1) is 13.8. The van der Waals surface area contributed by atoms with E-state index in [0.717, 1.165) is 38.8 Å². The standard InChI is InChI=1S/C14H26N2O2/c1-14(2,11-4-3-7-15-10-11)13(18)16(8-9-17)12-5-6-12/h11-12,15,17H,3-10H2,1-2H3. The van der Waals surface area contributed by atoms with Crippen molar-refractivity contribution in [1.29, 1.82) is 0 Å². The van der Waals surface area contributed by atoms with Crippen molar-refractivity contribution in [2.75, 3.05) is 26.2 Å². The summed E-state index contributed by atoms with van der Waals surface area (Å²) in [6.45, 7) is 6.72. The summed E-state index contributed by atoms with van der Waals surface area (Å²) in [7, 11) is 0. The van der Waals surface area contributed by atoms with Gasteiger partial charge in [0.1, 0.15) is 0 Å². The predicted octanol–water partition coefficient (Wildman–Crippen LogP) is 0.995. The highest BCUT2D eigenvalue weighted by Crippen LogP contribution is 2.37. The normalized spacial score (nSPS) is 24.9. The molecule has 18 heavy (non-hydrogen) atoms. The zero-order valence-electron chi connectivity index (χ0n) is 11.6. The molecule has 2 aliphatic rings. The Kier molecular flexibility index (Phi) is 4.28. The molecule has 2 rings (SSSR count). The van der Waals surface area contributed by atoms with Crippen LogP contribution in [0.15, 0.2) is 0 Å². The van der Waals surface area contributed by atoms with Crippen LogP contribution in [0.2, 0.25) is 0 Å². The number of carbonyl (C=O) groups excluding carboxylic acids is 1. The van der Waals surface area contributed by atoms with Crippen molar-refractivity contribution < 1.29 is 9.90 Å². The number of nitrogens with zero attached hydrogens (tertiary/aromatic N) is 1. The average molecular weight is 254 g/mol. The van der Waals surface area contributed by atoms with Crippen molar-refractivity contribution in [3.05, 3.63) is 0 Å². The maximum atomic E-state index is 12.7. The molecule has 2 N–H and O–H groups in total. The highest BCUT2D eigenvalue weighted by molar-refractivity contribution is 5.83. The largest absolute Gasteiger partial charge is 0.395 e. The van der Waals surface area contributed by atoms with E-state index < -0.39 is 0 Å². The molecule has 4 nitrogen and oxygen atoms in total. The summed E-state index contributed by atoms with van der Waals surface area (Å²) in [4.78, 5) is 14.6. The summed E-state index contributed by atoms with van der Waals surface area (Å²) < 4.78 is 0. The lowest BCUT2D eigenvalue weighted by atomic mass is 9.74. The minimum absolute atomic E-state index is 0.0707. The molecular formula is C14H26N2O2. The third-order valence-corrected chi connectivity index (χ3v) is 4.46. The van der Waals surface area contributed by atoms with Gasteiger partial charge in [-0.25, -0.2) is 0 Å². The Morgan fingerprint density at radius 2 is 2.11 bits per heavy atom. The molecule has 1 heterocycles. The lowest BCUT2D eigenvalue weighted by Crippen LogP contribution is -2.50. The van der Waals surface area contributed by atoms with Crippen LogP contribution >= 0.6 is 0 Å². The van der Waals surface area contributed by atoms with Crippen LogP contribution in [0.5, 0.6) is 0 Å². The van der Waals surface area contributed by atoms with Crippen molar-refractivity contribution in [3.63, 3.8) is 0 Å². The predicted molar refractivity (Wildman–Crippen MR) is 71.2 cm³/mol. The molecule has 1 saturated carbocycles. The monoisotopic (exact) mass is 254 g/mol. The molecule has 1 aliphatic heterocycles. The first-order valence-corrected chi connectivity index (χ1v) is 7.20. The fourth-order valence-electron chi connectivity index (χ4n) is 2.96. The Balaban J connectivity index is 2.03. The van der Waals surface area contributed by atoms with Crippen LogP contribution in [0.1, 0.15) is 39.5 Å². The number of aliphatic hydroxyl groups is 1. The van der Waals surface area contributed by atoms with Gasteiger partial charge in [0.25, 0.3) is 0 Å². The maximum Gasteiger partial charge on any atom is 0.228 e. The molecule has 1 aliphatic carbocycles. The number of hydrogen-bond acceptors (Lipinski definition) is 3. The molecule has 1 amide bonds. The summed E-state index contributed by atoms with van der Waals surface area (Å²) in [5.74, 6) is 0.645. The van der Waals surface area contributed by atoms with Crippen LogP contribution in [0.3, 0.4) is 0 Å². The molecule has 0 spiro atoms. The van der Waals surface area contributed by atoms with Crippen molar-refractivity contribution in [3.8, 4) is 0 Å². The summed E-state index contributed by atoms with van der Waals surface area (Å²) in [5.41, 5.74) is -0.314. The molecule has 4 heteroatoms. The Morgan fingerprint density at radius 3 is 2.61 bits per heavy atom. The number of nitrogens with one attached hydrogen (secondary N) is 1. The molecule has 0 bridgehead atoms. The summed E-state index contributed by atoms with van der Waals surface area (Å²) in [6.07, 6.45) is 4.49. The zero-order chi connectivity index (χ0) is 13.2. The van der Waals surface area contributed by atoms with Crippen LogP contribution in [-0.2, 0) is 4.79 Å². The van der Waals surface area contributed by atoms with E-state index in [1.54, 1.807) is 0 Å². The molecule has 0 aromatic rings. The van der Waals surface area contributed by atoms with E-state index in [0.29, 0.717) is 18.5 Å². The van der Waals surface area contributed by atoms with Gasteiger partial charge in [0.05, 0.1) is 6.61 Å². The van der Waals surface area contributed by atoms with Crippen LogP contribution in [0, 0.1) is 11.3 Å². The number of amides is 1. The fraction of sp³-hybridized carbons (Fsp3) is 0.929. The first-order valence-electron chi connectivity index (χ1n) is 7.20. The van der Waals surface area contributed by atoms with Crippen LogP contribution < -0.4 is 5.32 Å². The fourth-order valence-corrected chi connectivity index (χ4v) is 2.96. The van der Waals surface area contributed by atoms with Crippen molar-refractivity contribution >= 4 is 5.91 Å². The van der Waals surface area contributed by atoms with Crippen molar-refractivity contribution in [2.45, 2.75) is 45.6 Å². The molecule has 104 valence electrons. The first-order chi connectivity index (χ1) is 8.57. The molecule has 0 radical (unpaired) electrons. The summed E-state index contributed by atoms with van der Waals surface area (Å²) in [6, 6.07) is 0.389. The Hall–Kier alpha value is -0.610. The van der Waals surface area contributed by atoms with E-state index in [2.05, 4.69) is 19.2 Å². The third-order valence-electron chi connectivity index (χ3n) is 4.46. The van der Waals surface area contributed by atoms with E-state index in [1.807, 2.05) is 4.90 Å². The molecule has 0 aromatic carbocycles.